The van der Waals surface area contributed by atoms with E-state index in [-0.39, 0.29) is 11.4 Å². The number of rotatable bonds is 3. The van der Waals surface area contributed by atoms with Gasteiger partial charge in [0.1, 0.15) is 5.75 Å². The number of ether oxygens (including phenoxy) is 2. The second-order valence-electron chi connectivity index (χ2n) is 6.66. The number of amides is 2. The quantitative estimate of drug-likeness (QED) is 0.928. The van der Waals surface area contributed by atoms with Crippen LogP contribution < -0.4 is 10.1 Å². The van der Waals surface area contributed by atoms with Crippen molar-refractivity contribution in [3.05, 3.63) is 24.3 Å². The van der Waals surface area contributed by atoms with Crippen LogP contribution in [0.5, 0.6) is 5.75 Å². The molecule has 23 heavy (non-hydrogen) atoms. The number of carbonyl (C=O) groups excluding carboxylic acids is 1. The van der Waals surface area contributed by atoms with E-state index in [1.165, 1.54) is 6.42 Å². The predicted octanol–water partition coefficient (Wildman–Crippen LogP) is 3.51. The minimum absolute atomic E-state index is 0.0176. The molecule has 0 bridgehead atoms. The summed E-state index contributed by atoms with van der Waals surface area (Å²) in [4.78, 5) is 14.5. The topological polar surface area (TPSA) is 50.8 Å². The van der Waals surface area contributed by atoms with Gasteiger partial charge in [-0.15, -0.1) is 0 Å². The zero-order valence-corrected chi connectivity index (χ0v) is 14.0. The van der Waals surface area contributed by atoms with Gasteiger partial charge in [0.05, 0.1) is 13.2 Å². The molecule has 2 fully saturated rings. The van der Waals surface area contributed by atoms with Crippen molar-refractivity contribution >= 4 is 11.7 Å². The summed E-state index contributed by atoms with van der Waals surface area (Å²) in [5, 5.41) is 2.99. The number of anilines is 1. The van der Waals surface area contributed by atoms with E-state index in [9.17, 15) is 4.79 Å². The van der Waals surface area contributed by atoms with Crippen LogP contribution in [0.3, 0.4) is 0 Å². The SMILES string of the molecule is COc1ccc(NC(=O)N2CCC[C@@]3(CCC[C@H]3OC)C2)cc1. The Morgan fingerprint density at radius 2 is 1.96 bits per heavy atom. The van der Waals surface area contributed by atoms with Crippen LogP contribution in [-0.2, 0) is 4.74 Å². The average Bonchev–Trinajstić information content (AvgIpc) is 2.97. The molecule has 1 aliphatic heterocycles. The summed E-state index contributed by atoms with van der Waals surface area (Å²) < 4.78 is 10.8. The van der Waals surface area contributed by atoms with Crippen LogP contribution in [0, 0.1) is 5.41 Å². The van der Waals surface area contributed by atoms with E-state index in [1.54, 1.807) is 14.2 Å². The number of benzene rings is 1. The summed E-state index contributed by atoms with van der Waals surface area (Å²) in [5.74, 6) is 0.786. The molecule has 5 heteroatoms. The Balaban J connectivity index is 1.64. The lowest BCUT2D eigenvalue weighted by atomic mass is 9.76. The van der Waals surface area contributed by atoms with Crippen molar-refractivity contribution in [1.82, 2.24) is 4.90 Å². The lowest BCUT2D eigenvalue weighted by Crippen LogP contribution is -2.51. The minimum Gasteiger partial charge on any atom is -0.497 e. The Labute approximate surface area is 137 Å². The van der Waals surface area contributed by atoms with E-state index < -0.39 is 0 Å². The minimum atomic E-state index is -0.0176. The van der Waals surface area contributed by atoms with Crippen LogP contribution in [0.4, 0.5) is 10.5 Å². The molecule has 1 spiro atoms. The van der Waals surface area contributed by atoms with Gasteiger partial charge in [0.15, 0.2) is 0 Å². The van der Waals surface area contributed by atoms with Crippen molar-refractivity contribution in [2.24, 2.45) is 5.41 Å². The number of methoxy groups -OCH3 is 2. The zero-order valence-electron chi connectivity index (χ0n) is 14.0. The second-order valence-corrected chi connectivity index (χ2v) is 6.66. The monoisotopic (exact) mass is 318 g/mol. The highest BCUT2D eigenvalue weighted by molar-refractivity contribution is 5.89. The lowest BCUT2D eigenvalue weighted by molar-refractivity contribution is -0.0244. The van der Waals surface area contributed by atoms with Gasteiger partial charge in [0, 0.05) is 31.3 Å². The number of nitrogens with one attached hydrogen (secondary N) is 1. The van der Waals surface area contributed by atoms with E-state index in [0.717, 1.165) is 50.2 Å². The first-order valence-electron chi connectivity index (χ1n) is 8.40. The van der Waals surface area contributed by atoms with Crippen molar-refractivity contribution < 1.29 is 14.3 Å². The van der Waals surface area contributed by atoms with Crippen LogP contribution >= 0.6 is 0 Å². The van der Waals surface area contributed by atoms with Gasteiger partial charge >= 0.3 is 6.03 Å². The first kappa shape index (κ1) is 16.1. The largest absolute Gasteiger partial charge is 0.497 e. The van der Waals surface area contributed by atoms with Crippen LogP contribution in [0.25, 0.3) is 0 Å². The highest BCUT2D eigenvalue weighted by Gasteiger charge is 2.46. The number of hydrogen-bond donors (Lipinski definition) is 1. The molecule has 5 nitrogen and oxygen atoms in total. The van der Waals surface area contributed by atoms with E-state index in [1.807, 2.05) is 29.2 Å². The molecule has 126 valence electrons. The molecule has 1 saturated heterocycles. The Kier molecular flexibility index (Phi) is 4.76. The van der Waals surface area contributed by atoms with Gasteiger partial charge in [0.25, 0.3) is 0 Å². The van der Waals surface area contributed by atoms with Crippen LogP contribution in [-0.4, -0.2) is 44.3 Å². The zero-order chi connectivity index (χ0) is 16.3. The molecule has 2 atom stereocenters. The van der Waals surface area contributed by atoms with E-state index in [2.05, 4.69) is 5.32 Å². The number of likely N-dealkylation sites (tertiary alicyclic amines) is 1. The van der Waals surface area contributed by atoms with Crippen LogP contribution in [0.2, 0.25) is 0 Å². The van der Waals surface area contributed by atoms with Crippen molar-refractivity contribution in [3.8, 4) is 5.75 Å². The molecule has 1 saturated carbocycles. The smallest absolute Gasteiger partial charge is 0.321 e. The van der Waals surface area contributed by atoms with E-state index in [0.29, 0.717) is 6.10 Å². The Morgan fingerprint density at radius 3 is 2.65 bits per heavy atom. The summed E-state index contributed by atoms with van der Waals surface area (Å²) in [6.07, 6.45) is 5.99. The summed E-state index contributed by atoms with van der Waals surface area (Å²) >= 11 is 0. The number of urea groups is 1. The maximum absolute atomic E-state index is 12.6. The molecular weight excluding hydrogens is 292 g/mol. The molecule has 1 aromatic rings. The van der Waals surface area contributed by atoms with Gasteiger partial charge in [-0.25, -0.2) is 4.79 Å². The molecule has 1 heterocycles. The summed E-state index contributed by atoms with van der Waals surface area (Å²) in [6.45, 7) is 1.62. The Morgan fingerprint density at radius 1 is 1.22 bits per heavy atom. The van der Waals surface area contributed by atoms with Crippen molar-refractivity contribution in [1.29, 1.82) is 0 Å². The normalized spacial score (nSPS) is 27.2. The summed E-state index contributed by atoms with van der Waals surface area (Å²) in [6, 6.07) is 7.42. The van der Waals surface area contributed by atoms with Gasteiger partial charge in [0.2, 0.25) is 0 Å². The Bertz CT molecular complexity index is 546. The molecule has 2 amide bonds. The van der Waals surface area contributed by atoms with Crippen LogP contribution in [0.15, 0.2) is 24.3 Å². The summed E-state index contributed by atoms with van der Waals surface area (Å²) in [5.41, 5.74) is 0.953. The number of carbonyl (C=O) groups is 1. The number of nitrogens with zero attached hydrogens (tertiary/aromatic N) is 1. The third-order valence-corrected chi connectivity index (χ3v) is 5.35. The maximum atomic E-state index is 12.6. The van der Waals surface area contributed by atoms with Crippen molar-refractivity contribution in [3.63, 3.8) is 0 Å². The predicted molar refractivity (Wildman–Crippen MR) is 89.9 cm³/mol. The molecule has 3 rings (SSSR count). The molecule has 0 aromatic heterocycles. The van der Waals surface area contributed by atoms with Gasteiger partial charge in [-0.1, -0.05) is 6.42 Å². The fourth-order valence-electron chi connectivity index (χ4n) is 4.15. The summed E-state index contributed by atoms with van der Waals surface area (Å²) in [7, 11) is 3.43. The van der Waals surface area contributed by atoms with Crippen molar-refractivity contribution in [2.45, 2.75) is 38.2 Å². The second kappa shape index (κ2) is 6.79. The number of piperidine rings is 1. The first-order valence-corrected chi connectivity index (χ1v) is 8.40. The van der Waals surface area contributed by atoms with Gasteiger partial charge < -0.3 is 19.7 Å². The Hall–Kier alpha value is -1.75. The molecule has 1 aromatic carbocycles. The van der Waals surface area contributed by atoms with Gasteiger partial charge in [-0.2, -0.15) is 0 Å². The van der Waals surface area contributed by atoms with E-state index >= 15 is 0 Å². The standard InChI is InChI=1S/C18H26N2O3/c1-22-15-8-6-14(7-9-15)19-17(21)20-12-4-11-18(13-20)10-3-5-16(18)23-2/h6-9,16H,3-5,10-13H2,1-2H3,(H,19,21)/t16-,18+/m1/s1. The van der Waals surface area contributed by atoms with E-state index in [4.69, 9.17) is 9.47 Å². The highest BCUT2D eigenvalue weighted by Crippen LogP contribution is 2.46. The first-order chi connectivity index (χ1) is 11.2. The third kappa shape index (κ3) is 3.29. The van der Waals surface area contributed by atoms with Crippen molar-refractivity contribution in [2.75, 3.05) is 32.6 Å². The molecule has 0 radical (unpaired) electrons. The lowest BCUT2D eigenvalue weighted by Gasteiger charge is -2.43. The maximum Gasteiger partial charge on any atom is 0.321 e. The molecule has 2 aliphatic rings. The average molecular weight is 318 g/mol. The van der Waals surface area contributed by atoms with Crippen LogP contribution in [0.1, 0.15) is 32.1 Å². The highest BCUT2D eigenvalue weighted by atomic mass is 16.5. The van der Waals surface area contributed by atoms with Gasteiger partial charge in [-0.3, -0.25) is 0 Å². The molecule has 0 unspecified atom stereocenters. The number of hydrogen-bond acceptors (Lipinski definition) is 3. The fourth-order valence-corrected chi connectivity index (χ4v) is 4.15. The fraction of sp³-hybridized carbons (Fsp3) is 0.611. The molecule has 1 N–H and O–H groups in total. The third-order valence-electron chi connectivity index (χ3n) is 5.35. The van der Waals surface area contributed by atoms with Gasteiger partial charge in [-0.05, 0) is 49.9 Å². The molecule has 1 aliphatic carbocycles. The molecular formula is C18H26N2O3.